The van der Waals surface area contributed by atoms with E-state index >= 15 is 0 Å². The van der Waals surface area contributed by atoms with Crippen LogP contribution in [0, 0.1) is 17.6 Å². The summed E-state index contributed by atoms with van der Waals surface area (Å²) in [6.45, 7) is 4.16. The van der Waals surface area contributed by atoms with Crippen LogP contribution < -0.4 is 5.73 Å². The third-order valence-corrected chi connectivity index (χ3v) is 2.83. The molecule has 0 radical (unpaired) electrons. The number of anilines is 1. The molecule has 1 aromatic heterocycles. The average molecular weight is 277 g/mol. The molecule has 5 heteroatoms. The minimum Gasteiger partial charge on any atom is -0.384 e. The fourth-order valence-electron chi connectivity index (χ4n) is 2.01. The molecule has 2 rings (SSSR count). The number of hydrogen-bond acceptors (Lipinski definition) is 3. The lowest BCUT2D eigenvalue weighted by atomic mass is 10.1. The molecule has 0 spiro atoms. The maximum absolute atomic E-state index is 13.6. The van der Waals surface area contributed by atoms with Crippen LogP contribution in [0.4, 0.5) is 14.6 Å². The van der Waals surface area contributed by atoms with Gasteiger partial charge in [-0.3, -0.25) is 0 Å². The van der Waals surface area contributed by atoms with E-state index in [1.165, 1.54) is 12.1 Å². The van der Waals surface area contributed by atoms with Gasteiger partial charge in [0.2, 0.25) is 0 Å². The van der Waals surface area contributed by atoms with Crippen molar-refractivity contribution < 1.29 is 8.78 Å². The number of aromatic nitrogens is 2. The van der Waals surface area contributed by atoms with Gasteiger partial charge in [0.1, 0.15) is 23.3 Å². The van der Waals surface area contributed by atoms with Crippen LogP contribution in [0.2, 0.25) is 0 Å². The highest BCUT2D eigenvalue weighted by atomic mass is 19.1. The number of nitrogen functional groups attached to an aromatic ring is 1. The Hall–Kier alpha value is -2.04. The van der Waals surface area contributed by atoms with Gasteiger partial charge in [0.15, 0.2) is 0 Å². The van der Waals surface area contributed by atoms with Gasteiger partial charge < -0.3 is 5.73 Å². The van der Waals surface area contributed by atoms with Crippen molar-refractivity contribution in [1.82, 2.24) is 9.97 Å². The molecule has 3 nitrogen and oxygen atoms in total. The van der Waals surface area contributed by atoms with E-state index in [2.05, 4.69) is 23.8 Å². The molecule has 0 aliphatic carbocycles. The number of benzene rings is 1. The molecule has 2 aromatic rings. The Morgan fingerprint density at radius 3 is 2.55 bits per heavy atom. The van der Waals surface area contributed by atoms with Crippen LogP contribution in [-0.4, -0.2) is 9.97 Å². The molecule has 1 heterocycles. The van der Waals surface area contributed by atoms with Gasteiger partial charge in [-0.2, -0.15) is 0 Å². The maximum atomic E-state index is 13.6. The molecular weight excluding hydrogens is 260 g/mol. The third kappa shape index (κ3) is 3.73. The second-order valence-corrected chi connectivity index (χ2v) is 5.21. The summed E-state index contributed by atoms with van der Waals surface area (Å²) in [5.74, 6) is 0.0701. The first-order valence-electron chi connectivity index (χ1n) is 6.50. The molecule has 0 atom stereocenters. The molecule has 0 aliphatic heterocycles. The van der Waals surface area contributed by atoms with Gasteiger partial charge in [-0.25, -0.2) is 18.7 Å². The van der Waals surface area contributed by atoms with Crippen LogP contribution >= 0.6 is 0 Å². The van der Waals surface area contributed by atoms with E-state index in [4.69, 9.17) is 5.73 Å². The van der Waals surface area contributed by atoms with Crippen LogP contribution in [0.25, 0.3) is 0 Å². The highest BCUT2D eigenvalue weighted by Crippen LogP contribution is 2.15. The SMILES string of the molecule is CC(C)Cc1cc(N)nc(Cc2ccc(F)cc2F)n1. The van der Waals surface area contributed by atoms with Crippen molar-refractivity contribution >= 4 is 5.82 Å². The van der Waals surface area contributed by atoms with Crippen molar-refractivity contribution in [2.24, 2.45) is 5.92 Å². The van der Waals surface area contributed by atoms with Gasteiger partial charge >= 0.3 is 0 Å². The Kier molecular flexibility index (Phi) is 4.27. The summed E-state index contributed by atoms with van der Waals surface area (Å²) >= 11 is 0. The van der Waals surface area contributed by atoms with Crippen LogP contribution in [0.3, 0.4) is 0 Å². The summed E-state index contributed by atoms with van der Waals surface area (Å²) in [5, 5.41) is 0. The zero-order chi connectivity index (χ0) is 14.7. The van der Waals surface area contributed by atoms with Gasteiger partial charge in [-0.1, -0.05) is 19.9 Å². The fraction of sp³-hybridized carbons (Fsp3) is 0.333. The molecule has 20 heavy (non-hydrogen) atoms. The van der Waals surface area contributed by atoms with E-state index in [0.29, 0.717) is 23.1 Å². The molecule has 1 aromatic carbocycles. The first-order chi connectivity index (χ1) is 9.44. The molecule has 2 N–H and O–H groups in total. The molecule has 0 saturated heterocycles. The lowest BCUT2D eigenvalue weighted by Gasteiger charge is -2.08. The van der Waals surface area contributed by atoms with E-state index in [-0.39, 0.29) is 6.42 Å². The lowest BCUT2D eigenvalue weighted by molar-refractivity contribution is 0.573. The lowest BCUT2D eigenvalue weighted by Crippen LogP contribution is -2.07. The zero-order valence-electron chi connectivity index (χ0n) is 11.5. The molecule has 0 bridgehead atoms. The quantitative estimate of drug-likeness (QED) is 0.934. The second kappa shape index (κ2) is 5.94. The molecular formula is C15H17F2N3. The van der Waals surface area contributed by atoms with Gasteiger partial charge in [-0.15, -0.1) is 0 Å². The summed E-state index contributed by atoms with van der Waals surface area (Å²) in [7, 11) is 0. The van der Waals surface area contributed by atoms with Crippen LogP contribution in [0.1, 0.15) is 30.9 Å². The first-order valence-corrected chi connectivity index (χ1v) is 6.50. The number of hydrogen-bond donors (Lipinski definition) is 1. The van der Waals surface area contributed by atoms with Crippen LogP contribution in [-0.2, 0) is 12.8 Å². The van der Waals surface area contributed by atoms with Crippen molar-refractivity contribution in [3.05, 3.63) is 53.0 Å². The minimum atomic E-state index is -0.597. The Labute approximate surface area is 116 Å². The Balaban J connectivity index is 2.26. The Morgan fingerprint density at radius 2 is 1.90 bits per heavy atom. The molecule has 0 saturated carbocycles. The first kappa shape index (κ1) is 14.4. The van der Waals surface area contributed by atoms with Gasteiger partial charge in [0.05, 0.1) is 0 Å². The summed E-state index contributed by atoms with van der Waals surface area (Å²) < 4.78 is 26.5. The van der Waals surface area contributed by atoms with Crippen molar-refractivity contribution in [1.29, 1.82) is 0 Å². The summed E-state index contributed by atoms with van der Waals surface area (Å²) in [5.41, 5.74) is 6.94. The van der Waals surface area contributed by atoms with Crippen molar-refractivity contribution in [3.8, 4) is 0 Å². The largest absolute Gasteiger partial charge is 0.384 e. The normalized spacial score (nSPS) is 11.1. The highest BCUT2D eigenvalue weighted by Gasteiger charge is 2.09. The van der Waals surface area contributed by atoms with E-state index < -0.39 is 11.6 Å². The number of nitrogens with two attached hydrogens (primary N) is 1. The molecule has 106 valence electrons. The smallest absolute Gasteiger partial charge is 0.135 e. The van der Waals surface area contributed by atoms with Crippen LogP contribution in [0.15, 0.2) is 24.3 Å². The Bertz CT molecular complexity index is 612. The maximum Gasteiger partial charge on any atom is 0.135 e. The average Bonchev–Trinajstić information content (AvgIpc) is 2.31. The topological polar surface area (TPSA) is 51.8 Å². The molecule has 0 amide bonds. The van der Waals surface area contributed by atoms with Crippen molar-refractivity contribution in [2.45, 2.75) is 26.7 Å². The summed E-state index contributed by atoms with van der Waals surface area (Å²) in [6.07, 6.45) is 0.980. The fourth-order valence-corrected chi connectivity index (χ4v) is 2.01. The highest BCUT2D eigenvalue weighted by molar-refractivity contribution is 5.32. The number of halogens is 2. The van der Waals surface area contributed by atoms with Gasteiger partial charge in [0.25, 0.3) is 0 Å². The van der Waals surface area contributed by atoms with E-state index in [1.807, 2.05) is 0 Å². The third-order valence-electron chi connectivity index (χ3n) is 2.83. The summed E-state index contributed by atoms with van der Waals surface area (Å²) in [4.78, 5) is 8.49. The van der Waals surface area contributed by atoms with Gasteiger partial charge in [-0.05, 0) is 24.0 Å². The van der Waals surface area contributed by atoms with Crippen molar-refractivity contribution in [3.63, 3.8) is 0 Å². The molecule has 0 aliphatic rings. The minimum absolute atomic E-state index is 0.197. The monoisotopic (exact) mass is 277 g/mol. The predicted molar refractivity (Wildman–Crippen MR) is 74.2 cm³/mol. The van der Waals surface area contributed by atoms with Crippen molar-refractivity contribution in [2.75, 3.05) is 5.73 Å². The number of nitrogens with zero attached hydrogens (tertiary/aromatic N) is 2. The predicted octanol–water partition coefficient (Wildman–Crippen LogP) is 3.13. The van der Waals surface area contributed by atoms with E-state index in [9.17, 15) is 8.78 Å². The van der Waals surface area contributed by atoms with Crippen LogP contribution in [0.5, 0.6) is 0 Å². The standard InChI is InChI=1S/C15H17F2N3/c1-9(2)5-12-8-14(18)20-15(19-12)6-10-3-4-11(16)7-13(10)17/h3-4,7-9H,5-6H2,1-2H3,(H2,18,19,20). The summed E-state index contributed by atoms with van der Waals surface area (Å²) in [6, 6.07) is 5.21. The Morgan fingerprint density at radius 1 is 1.15 bits per heavy atom. The molecule has 0 fully saturated rings. The second-order valence-electron chi connectivity index (χ2n) is 5.21. The van der Waals surface area contributed by atoms with E-state index in [0.717, 1.165) is 18.2 Å². The zero-order valence-corrected chi connectivity index (χ0v) is 11.5. The van der Waals surface area contributed by atoms with E-state index in [1.54, 1.807) is 6.07 Å². The molecule has 0 unspecified atom stereocenters. The van der Waals surface area contributed by atoms with Gasteiger partial charge in [0, 0.05) is 24.2 Å². The number of rotatable bonds is 4.